The van der Waals surface area contributed by atoms with Crippen LogP contribution in [0.4, 0.5) is 4.39 Å². The minimum Gasteiger partial charge on any atom is -0.306 e. The molecule has 24 heavy (non-hydrogen) atoms. The Kier molecular flexibility index (Phi) is 3.14. The Balaban J connectivity index is 2.18. The first-order valence-corrected chi connectivity index (χ1v) is 7.67. The quantitative estimate of drug-likeness (QED) is 0.538. The normalized spacial score (nSPS) is 11.5. The van der Waals surface area contributed by atoms with E-state index in [0.717, 1.165) is 10.6 Å². The molecule has 4 aromatic rings. The zero-order chi connectivity index (χ0) is 17.0. The molecule has 0 saturated heterocycles. The van der Waals surface area contributed by atoms with E-state index in [1.54, 1.807) is 24.1 Å². The lowest BCUT2D eigenvalue weighted by Crippen LogP contribution is -2.34. The first-order valence-electron chi connectivity index (χ1n) is 6.87. The van der Waals surface area contributed by atoms with E-state index in [9.17, 15) is 14.0 Å². The number of aryl methyl sites for hydroxylation is 1. The van der Waals surface area contributed by atoms with Crippen molar-refractivity contribution in [3.63, 3.8) is 0 Å². The van der Waals surface area contributed by atoms with Crippen LogP contribution in [-0.2, 0) is 7.05 Å². The zero-order valence-corrected chi connectivity index (χ0v) is 13.8. The second kappa shape index (κ2) is 5.10. The molecule has 120 valence electrons. The first kappa shape index (κ1) is 14.8. The van der Waals surface area contributed by atoms with Crippen LogP contribution in [0.1, 0.15) is 0 Å². The van der Waals surface area contributed by atoms with Gasteiger partial charge in [-0.05, 0) is 28.1 Å². The zero-order valence-electron chi connectivity index (χ0n) is 12.2. The van der Waals surface area contributed by atoms with E-state index >= 15 is 0 Å². The van der Waals surface area contributed by atoms with Gasteiger partial charge in [0.2, 0.25) is 0 Å². The summed E-state index contributed by atoms with van der Waals surface area (Å²) < 4.78 is 16.5. The molecule has 0 bridgehead atoms. The molecular formula is C15H9BrFN5O2. The van der Waals surface area contributed by atoms with Crippen molar-refractivity contribution >= 4 is 37.7 Å². The van der Waals surface area contributed by atoms with Crippen molar-refractivity contribution in [1.82, 2.24) is 24.3 Å². The van der Waals surface area contributed by atoms with Crippen molar-refractivity contribution in [1.29, 1.82) is 0 Å². The van der Waals surface area contributed by atoms with Gasteiger partial charge in [-0.2, -0.15) is 5.10 Å². The highest BCUT2D eigenvalue weighted by Crippen LogP contribution is 2.21. The van der Waals surface area contributed by atoms with Gasteiger partial charge in [-0.25, -0.2) is 13.8 Å². The maximum Gasteiger partial charge on any atom is 0.333 e. The van der Waals surface area contributed by atoms with Gasteiger partial charge in [-0.3, -0.25) is 14.5 Å². The Labute approximate surface area is 141 Å². The summed E-state index contributed by atoms with van der Waals surface area (Å²) in [6.07, 6.45) is 4.58. The minimum absolute atomic E-state index is 0.0643. The van der Waals surface area contributed by atoms with Crippen LogP contribution in [0.3, 0.4) is 0 Å². The summed E-state index contributed by atoms with van der Waals surface area (Å²) in [7, 11) is 1.70. The van der Waals surface area contributed by atoms with Crippen LogP contribution in [0.5, 0.6) is 0 Å². The number of nitrogens with zero attached hydrogens (tertiary/aromatic N) is 4. The Bertz CT molecular complexity index is 1240. The molecule has 1 N–H and O–H groups in total. The maximum absolute atomic E-state index is 13.8. The fourth-order valence-corrected chi connectivity index (χ4v) is 3.05. The maximum atomic E-state index is 13.8. The lowest BCUT2D eigenvalue weighted by atomic mass is 10.2. The van der Waals surface area contributed by atoms with Gasteiger partial charge in [0.25, 0.3) is 5.56 Å². The summed E-state index contributed by atoms with van der Waals surface area (Å²) in [5.74, 6) is -0.588. The molecule has 0 radical (unpaired) electrons. The molecule has 3 aromatic heterocycles. The fraction of sp³-hybridized carbons (Fsp3) is 0.0667. The summed E-state index contributed by atoms with van der Waals surface area (Å²) in [5, 5.41) is 4.86. The molecular weight excluding hydrogens is 381 g/mol. The summed E-state index contributed by atoms with van der Waals surface area (Å²) in [4.78, 5) is 31.9. The van der Waals surface area contributed by atoms with Crippen molar-refractivity contribution in [3.05, 3.63) is 61.9 Å². The Morgan fingerprint density at radius 2 is 2.00 bits per heavy atom. The van der Waals surface area contributed by atoms with Crippen LogP contribution in [0.2, 0.25) is 0 Å². The summed E-state index contributed by atoms with van der Waals surface area (Å²) in [6.45, 7) is 0. The van der Waals surface area contributed by atoms with Gasteiger partial charge in [0, 0.05) is 18.6 Å². The number of rotatable bonds is 1. The van der Waals surface area contributed by atoms with Crippen LogP contribution in [-0.4, -0.2) is 24.3 Å². The molecule has 1 aromatic carbocycles. The minimum atomic E-state index is -0.637. The molecule has 4 rings (SSSR count). The third-order valence-corrected chi connectivity index (χ3v) is 4.41. The predicted octanol–water partition coefficient (Wildman–Crippen LogP) is 1.86. The van der Waals surface area contributed by atoms with Crippen LogP contribution in [0.25, 0.3) is 27.5 Å². The highest BCUT2D eigenvalue weighted by molar-refractivity contribution is 9.10. The average molecular weight is 390 g/mol. The Morgan fingerprint density at radius 1 is 1.21 bits per heavy atom. The van der Waals surface area contributed by atoms with Crippen LogP contribution >= 0.6 is 15.9 Å². The highest BCUT2D eigenvalue weighted by atomic mass is 79.9. The SMILES string of the molecule is Cn1ncc2cncc(-n3c(=O)[nH]c4cc(Br)c(F)cc4c3=O)c21. The molecule has 7 nitrogen and oxygen atoms in total. The largest absolute Gasteiger partial charge is 0.333 e. The average Bonchev–Trinajstić information content (AvgIpc) is 2.92. The number of fused-ring (bicyclic) bond motifs is 2. The van der Waals surface area contributed by atoms with E-state index in [-0.39, 0.29) is 21.1 Å². The molecule has 9 heteroatoms. The van der Waals surface area contributed by atoms with E-state index in [1.165, 1.54) is 12.3 Å². The van der Waals surface area contributed by atoms with Crippen molar-refractivity contribution in [3.8, 4) is 5.69 Å². The van der Waals surface area contributed by atoms with Crippen LogP contribution in [0, 0.1) is 5.82 Å². The van der Waals surface area contributed by atoms with Gasteiger partial charge < -0.3 is 4.98 Å². The standard InChI is InChI=1S/C15H9BrFN5O2/c1-21-13-7(5-19-21)4-18-6-12(13)22-14(23)8-2-10(17)9(16)3-11(8)20-15(22)24/h2-6H,1H3,(H,20,24). The number of halogens is 2. The summed E-state index contributed by atoms with van der Waals surface area (Å²) in [6, 6.07) is 2.45. The molecule has 0 saturated carbocycles. The third-order valence-electron chi connectivity index (χ3n) is 3.80. The molecule has 3 heterocycles. The molecule has 0 aliphatic carbocycles. The van der Waals surface area contributed by atoms with Crippen LogP contribution < -0.4 is 11.2 Å². The van der Waals surface area contributed by atoms with E-state index in [0.29, 0.717) is 10.9 Å². The molecule has 0 unspecified atom stereocenters. The van der Waals surface area contributed by atoms with Crippen LogP contribution in [0.15, 0.2) is 44.8 Å². The van der Waals surface area contributed by atoms with Crippen molar-refractivity contribution in [2.24, 2.45) is 7.05 Å². The van der Waals surface area contributed by atoms with Crippen molar-refractivity contribution < 1.29 is 4.39 Å². The number of H-pyrrole nitrogens is 1. The number of benzene rings is 1. The smallest absolute Gasteiger partial charge is 0.306 e. The highest BCUT2D eigenvalue weighted by Gasteiger charge is 2.16. The van der Waals surface area contributed by atoms with E-state index in [2.05, 4.69) is 31.0 Å². The van der Waals surface area contributed by atoms with Gasteiger partial charge in [-0.15, -0.1) is 0 Å². The van der Waals surface area contributed by atoms with E-state index in [1.807, 2.05) is 0 Å². The van der Waals surface area contributed by atoms with Gasteiger partial charge in [0.15, 0.2) is 0 Å². The summed E-state index contributed by atoms with van der Waals surface area (Å²) >= 11 is 3.04. The first-order chi connectivity index (χ1) is 11.5. The van der Waals surface area contributed by atoms with E-state index in [4.69, 9.17) is 0 Å². The lowest BCUT2D eigenvalue weighted by Gasteiger charge is -2.09. The van der Waals surface area contributed by atoms with Gasteiger partial charge >= 0.3 is 5.69 Å². The van der Waals surface area contributed by atoms with E-state index < -0.39 is 17.1 Å². The number of pyridine rings is 1. The topological polar surface area (TPSA) is 85.6 Å². The number of aromatic nitrogens is 5. The second-order valence-electron chi connectivity index (χ2n) is 5.25. The number of hydrogen-bond acceptors (Lipinski definition) is 4. The second-order valence-corrected chi connectivity index (χ2v) is 6.10. The number of hydrogen-bond donors (Lipinski definition) is 1. The van der Waals surface area contributed by atoms with Gasteiger partial charge in [-0.1, -0.05) is 0 Å². The predicted molar refractivity (Wildman–Crippen MR) is 89.9 cm³/mol. The molecule has 0 aliphatic rings. The molecule has 0 amide bonds. The summed E-state index contributed by atoms with van der Waals surface area (Å²) in [5.41, 5.74) is -0.157. The molecule has 0 spiro atoms. The Hall–Kier alpha value is -2.81. The van der Waals surface area contributed by atoms with Crippen molar-refractivity contribution in [2.75, 3.05) is 0 Å². The lowest BCUT2D eigenvalue weighted by molar-refractivity contribution is 0.622. The fourth-order valence-electron chi connectivity index (χ4n) is 2.71. The number of nitrogens with one attached hydrogen (secondary N) is 1. The molecule has 0 fully saturated rings. The van der Waals surface area contributed by atoms with Crippen molar-refractivity contribution in [2.45, 2.75) is 0 Å². The molecule has 0 atom stereocenters. The van der Waals surface area contributed by atoms with Gasteiger partial charge in [0.1, 0.15) is 5.82 Å². The third kappa shape index (κ3) is 2.01. The Morgan fingerprint density at radius 3 is 2.79 bits per heavy atom. The van der Waals surface area contributed by atoms with Gasteiger partial charge in [0.05, 0.1) is 39.0 Å². The number of aromatic amines is 1. The molecule has 0 aliphatic heterocycles. The monoisotopic (exact) mass is 389 g/mol.